The largest absolute Gasteiger partial charge is 0.385 e. The highest BCUT2D eigenvalue weighted by Crippen LogP contribution is 2.14. The van der Waals surface area contributed by atoms with E-state index in [9.17, 15) is 0 Å². The van der Waals surface area contributed by atoms with Crippen LogP contribution < -0.4 is 5.32 Å². The molecule has 1 aromatic carbocycles. The van der Waals surface area contributed by atoms with Crippen molar-refractivity contribution in [2.75, 3.05) is 11.9 Å². The van der Waals surface area contributed by atoms with Gasteiger partial charge in [0.1, 0.15) is 12.1 Å². The van der Waals surface area contributed by atoms with Crippen molar-refractivity contribution in [1.29, 1.82) is 10.5 Å². The lowest BCUT2D eigenvalue weighted by Crippen LogP contribution is -2.01. The Morgan fingerprint density at radius 2 is 2.00 bits per heavy atom. The predicted octanol–water partition coefficient (Wildman–Crippen LogP) is 2.81. The lowest BCUT2D eigenvalue weighted by atomic mass is 10.1. The Hall–Kier alpha value is -2.26. The van der Waals surface area contributed by atoms with E-state index in [0.717, 1.165) is 25.1 Å². The third-order valence-electron chi connectivity index (χ3n) is 2.17. The van der Waals surface area contributed by atoms with E-state index in [2.05, 4.69) is 11.9 Å². The summed E-state index contributed by atoms with van der Waals surface area (Å²) in [5.74, 6) is 0. The van der Waals surface area contributed by atoms with Gasteiger partial charge in [-0.05, 0) is 31.0 Å². The molecule has 0 aromatic heterocycles. The highest BCUT2D eigenvalue weighted by molar-refractivity contribution is 5.56. The average molecular weight is 211 g/mol. The molecule has 0 spiro atoms. The SMILES string of the molecule is C=CCCCNc1ccc(C#N)c(C#N)c1. The van der Waals surface area contributed by atoms with Gasteiger partial charge in [-0.1, -0.05) is 6.08 Å². The number of benzene rings is 1. The first-order chi connectivity index (χ1) is 7.81. The van der Waals surface area contributed by atoms with Crippen molar-refractivity contribution in [3.63, 3.8) is 0 Å². The van der Waals surface area contributed by atoms with Gasteiger partial charge >= 0.3 is 0 Å². The molecule has 0 amide bonds. The second-order valence-corrected chi connectivity index (χ2v) is 3.34. The molecule has 0 saturated heterocycles. The maximum atomic E-state index is 8.84. The minimum absolute atomic E-state index is 0.413. The Morgan fingerprint density at radius 3 is 2.62 bits per heavy atom. The fourth-order valence-corrected chi connectivity index (χ4v) is 1.32. The number of nitrogens with one attached hydrogen (secondary N) is 1. The molecule has 0 saturated carbocycles. The van der Waals surface area contributed by atoms with Gasteiger partial charge in [0.05, 0.1) is 11.1 Å². The van der Waals surface area contributed by atoms with Gasteiger partial charge in [0.25, 0.3) is 0 Å². The number of nitrogens with zero attached hydrogens (tertiary/aromatic N) is 2. The van der Waals surface area contributed by atoms with E-state index < -0.39 is 0 Å². The molecule has 0 bridgehead atoms. The van der Waals surface area contributed by atoms with Crippen molar-refractivity contribution in [2.45, 2.75) is 12.8 Å². The van der Waals surface area contributed by atoms with Crippen LogP contribution in [0.3, 0.4) is 0 Å². The molecule has 0 unspecified atom stereocenters. The van der Waals surface area contributed by atoms with Gasteiger partial charge in [-0.2, -0.15) is 10.5 Å². The zero-order valence-electron chi connectivity index (χ0n) is 9.03. The summed E-state index contributed by atoms with van der Waals surface area (Å²) in [4.78, 5) is 0. The van der Waals surface area contributed by atoms with Crippen LogP contribution in [0.5, 0.6) is 0 Å². The van der Waals surface area contributed by atoms with Crippen LogP contribution in [0.2, 0.25) is 0 Å². The van der Waals surface area contributed by atoms with E-state index in [-0.39, 0.29) is 0 Å². The van der Waals surface area contributed by atoms with Crippen LogP contribution in [0.1, 0.15) is 24.0 Å². The minimum atomic E-state index is 0.413. The van der Waals surface area contributed by atoms with Crippen molar-refractivity contribution < 1.29 is 0 Å². The monoisotopic (exact) mass is 211 g/mol. The first kappa shape index (κ1) is 11.8. The first-order valence-electron chi connectivity index (χ1n) is 5.11. The van der Waals surface area contributed by atoms with Crippen LogP contribution in [-0.4, -0.2) is 6.54 Å². The molecule has 1 N–H and O–H groups in total. The van der Waals surface area contributed by atoms with E-state index in [4.69, 9.17) is 10.5 Å². The molecule has 0 aliphatic heterocycles. The number of nitriles is 2. The van der Waals surface area contributed by atoms with E-state index in [1.54, 1.807) is 12.1 Å². The molecular weight excluding hydrogens is 198 g/mol. The summed E-state index contributed by atoms with van der Waals surface area (Å²) in [6, 6.07) is 9.17. The van der Waals surface area contributed by atoms with E-state index in [1.807, 2.05) is 24.3 Å². The van der Waals surface area contributed by atoms with E-state index in [1.165, 1.54) is 0 Å². The maximum absolute atomic E-state index is 8.84. The molecule has 80 valence electrons. The fourth-order valence-electron chi connectivity index (χ4n) is 1.32. The normalized spacial score (nSPS) is 8.88. The number of anilines is 1. The van der Waals surface area contributed by atoms with Crippen LogP contribution in [0.25, 0.3) is 0 Å². The quantitative estimate of drug-likeness (QED) is 0.601. The lowest BCUT2D eigenvalue weighted by molar-refractivity contribution is 0.891. The Labute approximate surface area is 95.6 Å². The first-order valence-corrected chi connectivity index (χ1v) is 5.11. The smallest absolute Gasteiger partial charge is 0.101 e. The highest BCUT2D eigenvalue weighted by Gasteiger charge is 2.01. The third-order valence-corrected chi connectivity index (χ3v) is 2.17. The molecule has 0 heterocycles. The Balaban J connectivity index is 2.66. The molecule has 3 heteroatoms. The van der Waals surface area contributed by atoms with Crippen LogP contribution in [0, 0.1) is 22.7 Å². The molecular formula is C13H13N3. The zero-order valence-corrected chi connectivity index (χ0v) is 9.03. The van der Waals surface area contributed by atoms with Crippen molar-refractivity contribution in [3.05, 3.63) is 42.0 Å². The molecule has 0 radical (unpaired) electrons. The molecule has 0 fully saturated rings. The summed E-state index contributed by atoms with van der Waals surface area (Å²) >= 11 is 0. The number of unbranched alkanes of at least 4 members (excludes halogenated alkanes) is 1. The predicted molar refractivity (Wildman–Crippen MR) is 63.8 cm³/mol. The second-order valence-electron chi connectivity index (χ2n) is 3.34. The summed E-state index contributed by atoms with van der Waals surface area (Å²) < 4.78 is 0. The summed E-state index contributed by atoms with van der Waals surface area (Å²) in [5.41, 5.74) is 1.70. The molecule has 1 aromatic rings. The summed E-state index contributed by atoms with van der Waals surface area (Å²) in [7, 11) is 0. The Kier molecular flexibility index (Phi) is 4.63. The molecule has 0 aliphatic rings. The number of hydrogen-bond acceptors (Lipinski definition) is 3. The van der Waals surface area contributed by atoms with Crippen molar-refractivity contribution >= 4 is 5.69 Å². The standard InChI is InChI=1S/C13H13N3/c1-2-3-4-7-16-13-6-5-11(9-14)12(8-13)10-15/h2,5-6,8,16H,1,3-4,7H2. The van der Waals surface area contributed by atoms with Gasteiger partial charge in [-0.3, -0.25) is 0 Å². The number of rotatable bonds is 5. The summed E-state index contributed by atoms with van der Waals surface area (Å²) in [6.07, 6.45) is 3.85. The third kappa shape index (κ3) is 3.15. The van der Waals surface area contributed by atoms with Crippen molar-refractivity contribution in [1.82, 2.24) is 0 Å². The maximum Gasteiger partial charge on any atom is 0.101 e. The van der Waals surface area contributed by atoms with Gasteiger partial charge in [0, 0.05) is 12.2 Å². The number of allylic oxidation sites excluding steroid dienone is 1. The fraction of sp³-hybridized carbons (Fsp3) is 0.231. The topological polar surface area (TPSA) is 59.6 Å². The molecule has 0 atom stereocenters. The van der Waals surface area contributed by atoms with Crippen LogP contribution in [-0.2, 0) is 0 Å². The van der Waals surface area contributed by atoms with Crippen LogP contribution in [0.4, 0.5) is 5.69 Å². The van der Waals surface area contributed by atoms with Crippen LogP contribution >= 0.6 is 0 Å². The van der Waals surface area contributed by atoms with Gasteiger partial charge in [0.15, 0.2) is 0 Å². The van der Waals surface area contributed by atoms with Gasteiger partial charge in [-0.15, -0.1) is 6.58 Å². The zero-order chi connectivity index (χ0) is 11.8. The second kappa shape index (κ2) is 6.27. The Bertz CT molecular complexity index is 449. The minimum Gasteiger partial charge on any atom is -0.385 e. The molecule has 3 nitrogen and oxygen atoms in total. The van der Waals surface area contributed by atoms with Gasteiger partial charge < -0.3 is 5.32 Å². The Morgan fingerprint density at radius 1 is 1.25 bits per heavy atom. The number of hydrogen-bond donors (Lipinski definition) is 1. The van der Waals surface area contributed by atoms with Gasteiger partial charge in [0.2, 0.25) is 0 Å². The molecule has 1 rings (SSSR count). The average Bonchev–Trinajstić information content (AvgIpc) is 2.34. The molecule has 0 aliphatic carbocycles. The lowest BCUT2D eigenvalue weighted by Gasteiger charge is -2.05. The van der Waals surface area contributed by atoms with E-state index >= 15 is 0 Å². The van der Waals surface area contributed by atoms with Crippen molar-refractivity contribution in [2.24, 2.45) is 0 Å². The highest BCUT2D eigenvalue weighted by atomic mass is 14.9. The summed E-state index contributed by atoms with van der Waals surface area (Å²) in [6.45, 7) is 4.48. The van der Waals surface area contributed by atoms with Gasteiger partial charge in [-0.25, -0.2) is 0 Å². The molecule has 16 heavy (non-hydrogen) atoms. The van der Waals surface area contributed by atoms with Crippen LogP contribution in [0.15, 0.2) is 30.9 Å². The summed E-state index contributed by atoms with van der Waals surface area (Å²) in [5, 5.41) is 20.8. The van der Waals surface area contributed by atoms with E-state index in [0.29, 0.717) is 11.1 Å². The van der Waals surface area contributed by atoms with Crippen molar-refractivity contribution in [3.8, 4) is 12.1 Å².